The molecule has 3 aliphatic heterocycles. The maximum Gasteiger partial charge on any atom is 0.329 e. The number of aliphatic hydroxyl groups excluding tert-OH is 3. The van der Waals surface area contributed by atoms with Crippen LogP contribution in [0.5, 0.6) is 0 Å². The molecule has 0 aromatic heterocycles. The van der Waals surface area contributed by atoms with E-state index in [1.165, 1.54) is 11.0 Å². The van der Waals surface area contributed by atoms with Crippen molar-refractivity contribution in [3.05, 3.63) is 47.6 Å². The summed E-state index contributed by atoms with van der Waals surface area (Å²) in [5.41, 5.74) is 1.11. The number of ether oxygens (including phenoxy) is 4. The lowest BCUT2D eigenvalue weighted by Crippen LogP contribution is -2.61. The predicted octanol–water partition coefficient (Wildman–Crippen LogP) is 5.53. The predicted molar refractivity (Wildman–Crippen MR) is 240 cm³/mol. The zero-order valence-electron chi connectivity index (χ0n) is 39.6. The fraction of sp³-hybridized carbons (Fsp3) is 0.740. The lowest BCUT2D eigenvalue weighted by atomic mass is 9.78. The van der Waals surface area contributed by atoms with Crippen LogP contribution in [0.15, 0.2) is 47.6 Å². The first-order valence-corrected chi connectivity index (χ1v) is 23.5. The quantitative estimate of drug-likeness (QED) is 0.153. The van der Waals surface area contributed by atoms with Gasteiger partial charge in [0.25, 0.3) is 11.7 Å². The molecule has 4 N–H and O–H groups in total. The summed E-state index contributed by atoms with van der Waals surface area (Å²) in [6.45, 7) is 12.4. The Labute approximate surface area is 380 Å². The van der Waals surface area contributed by atoms with Gasteiger partial charge in [-0.05, 0) is 107 Å². The van der Waals surface area contributed by atoms with Gasteiger partial charge in [0, 0.05) is 51.4 Å². The zero-order chi connectivity index (χ0) is 47.5. The monoisotopic (exact) mass is 900 g/mol. The summed E-state index contributed by atoms with van der Waals surface area (Å²) in [7, 11) is 3.12. The molecule has 0 radical (unpaired) electrons. The Morgan fingerprint density at radius 2 is 1.56 bits per heavy atom. The van der Waals surface area contributed by atoms with Crippen molar-refractivity contribution in [1.29, 1.82) is 0 Å². The van der Waals surface area contributed by atoms with Crippen molar-refractivity contribution >= 4 is 29.2 Å². The minimum atomic E-state index is -2.44. The number of rotatable bonds is 5. The topological polar surface area (TPSA) is 206 Å². The SMILES string of the molecule is COC1CC2CCC(C)C(O)(O2)C(=O)C(=O)N2CCCCC2C(=O)OC(C(C)CC2CCC(O)C(OC)C2)CC(=O)C(C)/C=C(\C)C(O)C(O)C(=O)C(C)CC(C)/C=C/C=C/C=C/1C. The summed E-state index contributed by atoms with van der Waals surface area (Å²) in [6, 6.07) is -1.15. The third-order valence-corrected chi connectivity index (χ3v) is 14.2. The standard InChI is InChI=1S/C50H77NO13/c1-29-15-11-10-12-16-30(2)41(61-8)27-37-20-18-35(7)50(60,64-37)47(57)48(58)51-22-14-13-17-38(51)49(59)63-42(32(4)25-36-19-21-39(52)43(26-36)62-9)28-40(53)31(3)24-34(6)45(55)46(56)44(54)33(5)23-29/h10-12,15-16,24,29,31-33,35-39,41-43,45-46,52,55-56,60H,13-14,17-23,25-28H2,1-9H3/b12-10+,15-11+,30-16+,34-24+. The van der Waals surface area contributed by atoms with Crippen molar-refractivity contribution in [3.8, 4) is 0 Å². The van der Waals surface area contributed by atoms with Crippen molar-refractivity contribution in [2.24, 2.45) is 35.5 Å². The van der Waals surface area contributed by atoms with Crippen LogP contribution in [-0.2, 0) is 42.9 Å². The average Bonchev–Trinajstić information content (AvgIpc) is 3.27. The van der Waals surface area contributed by atoms with Crippen LogP contribution in [-0.4, -0.2) is 130 Å². The second-order valence-corrected chi connectivity index (χ2v) is 19.4. The Balaban J connectivity index is 1.69. The molecule has 2 bridgehead atoms. The van der Waals surface area contributed by atoms with Gasteiger partial charge < -0.3 is 44.3 Å². The number of piperidine rings is 1. The molecule has 15 unspecified atom stereocenters. The van der Waals surface area contributed by atoms with Crippen LogP contribution in [0.4, 0.5) is 0 Å². The number of cyclic esters (lactones) is 1. The minimum Gasteiger partial charge on any atom is -0.460 e. The summed E-state index contributed by atoms with van der Waals surface area (Å²) < 4.78 is 23.7. The lowest BCUT2D eigenvalue weighted by Gasteiger charge is -2.42. The Bertz CT molecular complexity index is 1740. The maximum atomic E-state index is 14.3. The molecule has 14 heteroatoms. The molecule has 1 saturated carbocycles. The number of amides is 1. The van der Waals surface area contributed by atoms with Crippen LogP contribution in [0, 0.1) is 35.5 Å². The van der Waals surface area contributed by atoms with Crippen LogP contribution < -0.4 is 0 Å². The molecule has 360 valence electrons. The van der Waals surface area contributed by atoms with Crippen molar-refractivity contribution in [3.63, 3.8) is 0 Å². The lowest BCUT2D eigenvalue weighted by molar-refractivity contribution is -0.265. The number of fused-ring (bicyclic) bond motifs is 3. The van der Waals surface area contributed by atoms with Gasteiger partial charge in [0.05, 0.1) is 24.4 Å². The molecule has 3 heterocycles. The van der Waals surface area contributed by atoms with E-state index >= 15 is 0 Å². The highest BCUT2D eigenvalue weighted by atomic mass is 16.6. The van der Waals surface area contributed by atoms with Gasteiger partial charge in [0.1, 0.15) is 30.1 Å². The molecular formula is C50H77NO13. The minimum absolute atomic E-state index is 0.0365. The number of carbonyl (C=O) groups is 5. The Hall–Kier alpha value is -3.37. The first-order valence-electron chi connectivity index (χ1n) is 23.5. The summed E-state index contributed by atoms with van der Waals surface area (Å²) >= 11 is 0. The first-order chi connectivity index (χ1) is 30.2. The Morgan fingerprint density at radius 3 is 2.25 bits per heavy atom. The second kappa shape index (κ2) is 24.4. The van der Waals surface area contributed by atoms with Gasteiger partial charge in [-0.3, -0.25) is 19.2 Å². The first kappa shape index (κ1) is 53.2. The molecule has 1 amide bonds. The molecule has 1 aliphatic carbocycles. The molecule has 64 heavy (non-hydrogen) atoms. The largest absolute Gasteiger partial charge is 0.460 e. The molecule has 0 aromatic carbocycles. The molecule has 0 spiro atoms. The van der Waals surface area contributed by atoms with Crippen molar-refractivity contribution in [2.45, 2.75) is 180 Å². The van der Waals surface area contributed by atoms with E-state index in [0.29, 0.717) is 64.2 Å². The number of Topliss-reactive ketones (excluding diaryl/α,β-unsaturated/α-hetero) is 3. The van der Waals surface area contributed by atoms with E-state index in [1.807, 2.05) is 51.2 Å². The van der Waals surface area contributed by atoms with Gasteiger partial charge in [-0.2, -0.15) is 0 Å². The fourth-order valence-electron chi connectivity index (χ4n) is 9.89. The zero-order valence-corrected chi connectivity index (χ0v) is 39.6. The van der Waals surface area contributed by atoms with Gasteiger partial charge in [-0.15, -0.1) is 0 Å². The van der Waals surface area contributed by atoms with Crippen LogP contribution in [0.1, 0.15) is 126 Å². The smallest absolute Gasteiger partial charge is 0.329 e. The number of allylic oxidation sites excluding steroid dienone is 6. The van der Waals surface area contributed by atoms with Crippen LogP contribution >= 0.6 is 0 Å². The molecule has 15 atom stereocenters. The fourth-order valence-corrected chi connectivity index (χ4v) is 9.89. The summed E-state index contributed by atoms with van der Waals surface area (Å²) in [5.74, 6) is -8.59. The number of esters is 1. The molecule has 4 aliphatic rings. The van der Waals surface area contributed by atoms with E-state index in [2.05, 4.69) is 0 Å². The highest BCUT2D eigenvalue weighted by molar-refractivity contribution is 6.39. The number of carbonyl (C=O) groups excluding carboxylic acids is 5. The third-order valence-electron chi connectivity index (χ3n) is 14.2. The van der Waals surface area contributed by atoms with Gasteiger partial charge in [0.2, 0.25) is 5.79 Å². The number of nitrogens with zero attached hydrogens (tertiary/aromatic N) is 1. The molecule has 2 saturated heterocycles. The highest BCUT2D eigenvalue weighted by Crippen LogP contribution is 2.38. The number of hydrogen-bond donors (Lipinski definition) is 4. The van der Waals surface area contributed by atoms with E-state index in [9.17, 15) is 44.4 Å². The van der Waals surface area contributed by atoms with E-state index in [-0.39, 0.29) is 54.6 Å². The summed E-state index contributed by atoms with van der Waals surface area (Å²) in [4.78, 5) is 71.2. The van der Waals surface area contributed by atoms with E-state index in [1.54, 1.807) is 41.9 Å². The number of ketones is 3. The van der Waals surface area contributed by atoms with Gasteiger partial charge >= 0.3 is 5.97 Å². The summed E-state index contributed by atoms with van der Waals surface area (Å²) in [5, 5.41) is 44.5. The normalized spacial score (nSPS) is 40.9. The maximum absolute atomic E-state index is 14.3. The van der Waals surface area contributed by atoms with Crippen molar-refractivity contribution in [2.75, 3.05) is 20.8 Å². The highest BCUT2D eigenvalue weighted by Gasteiger charge is 2.53. The van der Waals surface area contributed by atoms with Gasteiger partial charge in [-0.1, -0.05) is 71.1 Å². The molecule has 14 nitrogen and oxygen atoms in total. The van der Waals surface area contributed by atoms with E-state index in [0.717, 1.165) is 5.57 Å². The molecule has 3 fully saturated rings. The Kier molecular flexibility index (Phi) is 20.3. The number of hydrogen-bond acceptors (Lipinski definition) is 13. The van der Waals surface area contributed by atoms with Crippen molar-refractivity contribution in [1.82, 2.24) is 4.90 Å². The third kappa shape index (κ3) is 13.8. The molecule has 4 rings (SSSR count). The number of methoxy groups -OCH3 is 2. The van der Waals surface area contributed by atoms with Gasteiger partial charge in [-0.25, -0.2) is 4.79 Å². The van der Waals surface area contributed by atoms with Crippen molar-refractivity contribution < 1.29 is 63.3 Å². The molecular weight excluding hydrogens is 823 g/mol. The van der Waals surface area contributed by atoms with Gasteiger partial charge in [0.15, 0.2) is 5.78 Å². The molecule has 0 aromatic rings. The average molecular weight is 900 g/mol. The van der Waals surface area contributed by atoms with Crippen LogP contribution in [0.3, 0.4) is 0 Å². The Morgan fingerprint density at radius 1 is 0.844 bits per heavy atom. The van der Waals surface area contributed by atoms with E-state index in [4.69, 9.17) is 18.9 Å². The van der Waals surface area contributed by atoms with Crippen LogP contribution in [0.2, 0.25) is 0 Å². The summed E-state index contributed by atoms with van der Waals surface area (Å²) in [6.07, 6.45) is 9.84. The number of aliphatic hydroxyl groups is 4. The van der Waals surface area contributed by atoms with Crippen LogP contribution in [0.25, 0.3) is 0 Å². The van der Waals surface area contributed by atoms with E-state index < -0.39 is 89.6 Å². The second-order valence-electron chi connectivity index (χ2n) is 19.4.